The van der Waals surface area contributed by atoms with E-state index in [0.717, 1.165) is 50.3 Å². The quantitative estimate of drug-likeness (QED) is 0.903. The molecule has 6 heteroatoms. The molecular weight excluding hydrogens is 326 g/mol. The van der Waals surface area contributed by atoms with E-state index in [1.54, 1.807) is 0 Å². The van der Waals surface area contributed by atoms with Gasteiger partial charge in [-0.15, -0.1) is 0 Å². The molecule has 1 saturated heterocycles. The number of nitrogens with zero attached hydrogens (tertiary/aromatic N) is 2. The molecule has 2 aliphatic rings. The van der Waals surface area contributed by atoms with Crippen LogP contribution < -0.4 is 0 Å². The van der Waals surface area contributed by atoms with E-state index in [4.69, 9.17) is 16.3 Å². The van der Waals surface area contributed by atoms with E-state index in [1.165, 1.54) is 0 Å². The van der Waals surface area contributed by atoms with E-state index in [2.05, 4.69) is 10.2 Å². The van der Waals surface area contributed by atoms with Gasteiger partial charge in [-0.05, 0) is 37.5 Å². The van der Waals surface area contributed by atoms with E-state index in [9.17, 15) is 4.79 Å². The zero-order valence-corrected chi connectivity index (χ0v) is 14.1. The van der Waals surface area contributed by atoms with Gasteiger partial charge in [-0.2, -0.15) is 5.10 Å². The first-order valence-corrected chi connectivity index (χ1v) is 8.78. The van der Waals surface area contributed by atoms with Crippen molar-refractivity contribution in [2.45, 2.75) is 25.3 Å². The highest BCUT2D eigenvalue weighted by Gasteiger charge is 2.35. The SMILES string of the molecule is O=C(c1cc(-c2cccc(Cl)c2)n[nH]1)N(C[C@@H]1CCOC1)C1CC1. The van der Waals surface area contributed by atoms with Gasteiger partial charge in [0, 0.05) is 35.7 Å². The standard InChI is InChI=1S/C18H20ClN3O2/c19-14-3-1-2-13(8-14)16-9-17(21-20-16)18(23)22(15-4-5-15)10-12-6-7-24-11-12/h1-3,8-9,12,15H,4-7,10-11H2,(H,20,21)/t12-/m0/s1. The Balaban J connectivity index is 1.52. The number of rotatable bonds is 5. The number of hydrogen-bond acceptors (Lipinski definition) is 3. The first-order valence-electron chi connectivity index (χ1n) is 8.41. The van der Waals surface area contributed by atoms with Crippen LogP contribution >= 0.6 is 11.6 Å². The highest BCUT2D eigenvalue weighted by Crippen LogP contribution is 2.31. The number of hydrogen-bond donors (Lipinski definition) is 1. The molecular formula is C18H20ClN3O2. The predicted octanol–water partition coefficient (Wildman–Crippen LogP) is 3.37. The van der Waals surface area contributed by atoms with Crippen molar-refractivity contribution in [3.05, 3.63) is 41.0 Å². The fourth-order valence-electron chi connectivity index (χ4n) is 3.17. The van der Waals surface area contributed by atoms with Gasteiger partial charge in [0.1, 0.15) is 5.69 Å². The van der Waals surface area contributed by atoms with Gasteiger partial charge in [0.15, 0.2) is 0 Å². The molecule has 0 unspecified atom stereocenters. The summed E-state index contributed by atoms with van der Waals surface area (Å²) in [5.74, 6) is 0.482. The van der Waals surface area contributed by atoms with Crippen LogP contribution in [0, 0.1) is 5.92 Å². The summed E-state index contributed by atoms with van der Waals surface area (Å²) in [5, 5.41) is 7.84. The fraction of sp³-hybridized carbons (Fsp3) is 0.444. The summed E-state index contributed by atoms with van der Waals surface area (Å²) in [6.07, 6.45) is 3.22. The summed E-state index contributed by atoms with van der Waals surface area (Å²) in [6, 6.07) is 9.67. The molecule has 1 saturated carbocycles. The van der Waals surface area contributed by atoms with Crippen molar-refractivity contribution >= 4 is 17.5 Å². The number of amides is 1. The van der Waals surface area contributed by atoms with Crippen LogP contribution in [0.1, 0.15) is 29.8 Å². The van der Waals surface area contributed by atoms with Crippen LogP contribution in [-0.4, -0.2) is 46.8 Å². The Kier molecular flexibility index (Phi) is 4.29. The molecule has 1 aliphatic carbocycles. The minimum atomic E-state index is 0.0326. The average molecular weight is 346 g/mol. The molecule has 2 fully saturated rings. The molecule has 1 aromatic heterocycles. The summed E-state index contributed by atoms with van der Waals surface area (Å²) >= 11 is 6.03. The van der Waals surface area contributed by atoms with Crippen LogP contribution in [0.15, 0.2) is 30.3 Å². The van der Waals surface area contributed by atoms with Gasteiger partial charge >= 0.3 is 0 Å². The number of carbonyl (C=O) groups excluding carboxylic acids is 1. The highest BCUT2D eigenvalue weighted by molar-refractivity contribution is 6.30. The van der Waals surface area contributed by atoms with Crippen molar-refractivity contribution in [2.75, 3.05) is 19.8 Å². The van der Waals surface area contributed by atoms with Gasteiger partial charge in [0.2, 0.25) is 0 Å². The Labute approximate surface area is 145 Å². The third kappa shape index (κ3) is 3.32. The zero-order valence-electron chi connectivity index (χ0n) is 13.4. The van der Waals surface area contributed by atoms with Crippen LogP contribution in [-0.2, 0) is 4.74 Å². The molecule has 0 radical (unpaired) electrons. The lowest BCUT2D eigenvalue weighted by Crippen LogP contribution is -2.37. The Morgan fingerprint density at radius 3 is 2.92 bits per heavy atom. The third-order valence-electron chi connectivity index (χ3n) is 4.66. The maximum Gasteiger partial charge on any atom is 0.272 e. The summed E-state index contributed by atoms with van der Waals surface area (Å²) < 4.78 is 5.45. The second-order valence-corrected chi connectivity index (χ2v) is 7.03. The summed E-state index contributed by atoms with van der Waals surface area (Å²) in [7, 11) is 0. The van der Waals surface area contributed by atoms with Gasteiger partial charge in [-0.1, -0.05) is 23.7 Å². The van der Waals surface area contributed by atoms with Gasteiger partial charge in [0.05, 0.1) is 12.3 Å². The molecule has 1 atom stereocenters. The maximum absolute atomic E-state index is 12.9. The topological polar surface area (TPSA) is 58.2 Å². The second-order valence-electron chi connectivity index (χ2n) is 6.60. The number of benzene rings is 1. The number of H-pyrrole nitrogens is 1. The summed E-state index contributed by atoms with van der Waals surface area (Å²) in [5.41, 5.74) is 2.18. The first-order chi connectivity index (χ1) is 11.7. The number of aromatic nitrogens is 2. The maximum atomic E-state index is 12.9. The molecule has 1 amide bonds. The minimum Gasteiger partial charge on any atom is -0.381 e. The van der Waals surface area contributed by atoms with Gasteiger partial charge in [-0.3, -0.25) is 9.89 Å². The molecule has 0 spiro atoms. The normalized spacial score (nSPS) is 20.3. The Morgan fingerprint density at radius 2 is 2.21 bits per heavy atom. The van der Waals surface area contributed by atoms with E-state index in [-0.39, 0.29) is 5.91 Å². The van der Waals surface area contributed by atoms with Crippen LogP contribution in [0.3, 0.4) is 0 Å². The van der Waals surface area contributed by atoms with Crippen molar-refractivity contribution in [1.29, 1.82) is 0 Å². The van der Waals surface area contributed by atoms with Crippen molar-refractivity contribution < 1.29 is 9.53 Å². The lowest BCUT2D eigenvalue weighted by molar-refractivity contribution is 0.0700. The number of carbonyl (C=O) groups is 1. The molecule has 126 valence electrons. The molecule has 1 aliphatic heterocycles. The molecule has 5 nitrogen and oxygen atoms in total. The van der Waals surface area contributed by atoms with Crippen LogP contribution in [0.4, 0.5) is 0 Å². The number of halogens is 1. The molecule has 1 N–H and O–H groups in total. The predicted molar refractivity (Wildman–Crippen MR) is 92.0 cm³/mol. The molecule has 1 aromatic carbocycles. The zero-order chi connectivity index (χ0) is 16.5. The third-order valence-corrected chi connectivity index (χ3v) is 4.89. The monoisotopic (exact) mass is 345 g/mol. The first kappa shape index (κ1) is 15.7. The van der Waals surface area contributed by atoms with Crippen LogP contribution in [0.2, 0.25) is 5.02 Å². The number of ether oxygens (including phenoxy) is 1. The smallest absolute Gasteiger partial charge is 0.272 e. The Bertz CT molecular complexity index is 735. The largest absolute Gasteiger partial charge is 0.381 e. The van der Waals surface area contributed by atoms with Crippen LogP contribution in [0.5, 0.6) is 0 Å². The molecule has 4 rings (SSSR count). The minimum absolute atomic E-state index is 0.0326. The molecule has 24 heavy (non-hydrogen) atoms. The number of aromatic amines is 1. The van der Waals surface area contributed by atoms with Crippen molar-refractivity contribution in [2.24, 2.45) is 5.92 Å². The fourth-order valence-corrected chi connectivity index (χ4v) is 3.36. The lowest BCUT2D eigenvalue weighted by atomic mass is 10.1. The number of nitrogens with one attached hydrogen (secondary N) is 1. The van der Waals surface area contributed by atoms with Gasteiger partial charge in [0.25, 0.3) is 5.91 Å². The van der Waals surface area contributed by atoms with E-state index in [0.29, 0.717) is 22.7 Å². The van der Waals surface area contributed by atoms with Crippen molar-refractivity contribution in [3.63, 3.8) is 0 Å². The highest BCUT2D eigenvalue weighted by atomic mass is 35.5. The Morgan fingerprint density at radius 1 is 1.33 bits per heavy atom. The lowest BCUT2D eigenvalue weighted by Gasteiger charge is -2.24. The average Bonchev–Trinajstić information content (AvgIpc) is 3.10. The Hall–Kier alpha value is -1.85. The molecule has 0 bridgehead atoms. The van der Waals surface area contributed by atoms with Gasteiger partial charge < -0.3 is 9.64 Å². The van der Waals surface area contributed by atoms with E-state index >= 15 is 0 Å². The van der Waals surface area contributed by atoms with Crippen LogP contribution in [0.25, 0.3) is 11.3 Å². The van der Waals surface area contributed by atoms with Gasteiger partial charge in [-0.25, -0.2) is 0 Å². The molecule has 2 aromatic rings. The second kappa shape index (κ2) is 6.57. The van der Waals surface area contributed by atoms with E-state index < -0.39 is 0 Å². The summed E-state index contributed by atoms with van der Waals surface area (Å²) in [4.78, 5) is 14.9. The van der Waals surface area contributed by atoms with E-state index in [1.807, 2.05) is 35.2 Å². The van der Waals surface area contributed by atoms with Crippen molar-refractivity contribution in [3.8, 4) is 11.3 Å². The van der Waals surface area contributed by atoms with Crippen molar-refractivity contribution in [1.82, 2.24) is 15.1 Å². The molecule has 2 heterocycles. The summed E-state index contributed by atoms with van der Waals surface area (Å²) in [6.45, 7) is 2.34.